The van der Waals surface area contributed by atoms with Gasteiger partial charge in [-0.15, -0.1) is 0 Å². The number of likely N-dealkylation sites (tertiary alicyclic amines) is 1. The second-order valence-corrected chi connectivity index (χ2v) is 8.16. The summed E-state index contributed by atoms with van der Waals surface area (Å²) < 4.78 is 5.36. The molecular weight excluding hydrogens is 332 g/mol. The first-order chi connectivity index (χ1) is 12.2. The molecule has 1 saturated heterocycles. The third-order valence-corrected chi connectivity index (χ3v) is 4.85. The Morgan fingerprint density at radius 1 is 1.46 bits per heavy atom. The molecule has 1 amide bonds. The van der Waals surface area contributed by atoms with Crippen LogP contribution in [0.4, 0.5) is 10.6 Å². The van der Waals surface area contributed by atoms with Gasteiger partial charge in [-0.25, -0.2) is 9.78 Å². The molecule has 2 aliphatic rings. The molecule has 3 rings (SSSR count). The summed E-state index contributed by atoms with van der Waals surface area (Å²) in [6.45, 7) is 6.20. The molecule has 0 radical (unpaired) electrons. The largest absolute Gasteiger partial charge is 0.444 e. The van der Waals surface area contributed by atoms with E-state index in [-0.39, 0.29) is 18.0 Å². The van der Waals surface area contributed by atoms with Crippen molar-refractivity contribution in [2.45, 2.75) is 63.2 Å². The lowest BCUT2D eigenvalue weighted by molar-refractivity contribution is 0.00116. The molecule has 0 aromatic carbocycles. The fourth-order valence-corrected chi connectivity index (χ4v) is 3.13. The number of carbonyl (C=O) groups excluding carboxylic acids is 1. The lowest BCUT2D eigenvalue weighted by Crippen LogP contribution is -2.52. The van der Waals surface area contributed by atoms with E-state index in [0.29, 0.717) is 18.8 Å². The number of ether oxygens (including phenoxy) is 1. The highest BCUT2D eigenvalue weighted by Crippen LogP contribution is 2.47. The molecule has 0 spiro atoms. The summed E-state index contributed by atoms with van der Waals surface area (Å²) in [6, 6.07) is 5.95. The molecule has 7 heteroatoms. The van der Waals surface area contributed by atoms with Crippen LogP contribution >= 0.6 is 0 Å². The van der Waals surface area contributed by atoms with Crippen molar-refractivity contribution in [1.82, 2.24) is 9.88 Å². The molecule has 1 aliphatic heterocycles. The number of amides is 1. The third-order valence-electron chi connectivity index (χ3n) is 4.85. The molecule has 7 nitrogen and oxygen atoms in total. The third kappa shape index (κ3) is 4.07. The van der Waals surface area contributed by atoms with Gasteiger partial charge in [0.15, 0.2) is 0 Å². The molecule has 2 heterocycles. The van der Waals surface area contributed by atoms with Crippen molar-refractivity contribution >= 4 is 11.9 Å². The van der Waals surface area contributed by atoms with E-state index in [4.69, 9.17) is 4.74 Å². The second-order valence-electron chi connectivity index (χ2n) is 8.16. The lowest BCUT2D eigenvalue weighted by Gasteiger charge is -2.37. The minimum absolute atomic E-state index is 0.183. The minimum atomic E-state index is -0.702. The van der Waals surface area contributed by atoms with Crippen molar-refractivity contribution in [2.75, 3.05) is 18.4 Å². The summed E-state index contributed by atoms with van der Waals surface area (Å²) in [4.78, 5) is 18.0. The number of rotatable bonds is 3. The Kier molecular flexibility index (Phi) is 4.80. The van der Waals surface area contributed by atoms with Crippen LogP contribution in [0, 0.1) is 11.3 Å². The molecule has 26 heavy (non-hydrogen) atoms. The monoisotopic (exact) mass is 358 g/mol. The number of nitrogens with one attached hydrogen (secondary N) is 1. The Hall–Kier alpha value is -2.33. The normalized spacial score (nSPS) is 24.5. The van der Waals surface area contributed by atoms with E-state index in [0.717, 1.165) is 18.4 Å². The first-order valence-electron chi connectivity index (χ1n) is 9.03. The van der Waals surface area contributed by atoms with Gasteiger partial charge in [-0.2, -0.15) is 5.26 Å². The van der Waals surface area contributed by atoms with Gasteiger partial charge in [0.1, 0.15) is 11.4 Å². The van der Waals surface area contributed by atoms with E-state index in [1.807, 2.05) is 32.9 Å². The average Bonchev–Trinajstić information content (AvgIpc) is 3.37. The molecule has 2 fully saturated rings. The highest BCUT2D eigenvalue weighted by molar-refractivity contribution is 5.68. The summed E-state index contributed by atoms with van der Waals surface area (Å²) in [7, 11) is 0. The van der Waals surface area contributed by atoms with Crippen LogP contribution in [0.2, 0.25) is 0 Å². The Morgan fingerprint density at radius 2 is 2.19 bits per heavy atom. The molecule has 1 saturated carbocycles. The van der Waals surface area contributed by atoms with Crippen LogP contribution < -0.4 is 5.32 Å². The lowest BCUT2D eigenvalue weighted by atomic mass is 9.99. The van der Waals surface area contributed by atoms with E-state index >= 15 is 0 Å². The van der Waals surface area contributed by atoms with Crippen molar-refractivity contribution in [1.29, 1.82) is 5.26 Å². The summed E-state index contributed by atoms with van der Waals surface area (Å²) >= 11 is 0. The smallest absolute Gasteiger partial charge is 0.410 e. The first-order valence-corrected chi connectivity index (χ1v) is 9.03. The maximum Gasteiger partial charge on any atom is 0.410 e. The molecular formula is C19H26N4O3. The van der Waals surface area contributed by atoms with E-state index in [9.17, 15) is 15.2 Å². The van der Waals surface area contributed by atoms with Crippen LogP contribution in [-0.4, -0.2) is 51.9 Å². The predicted molar refractivity (Wildman–Crippen MR) is 96.6 cm³/mol. The zero-order valence-corrected chi connectivity index (χ0v) is 15.5. The van der Waals surface area contributed by atoms with Crippen LogP contribution in [0.25, 0.3) is 0 Å². The number of aliphatic hydroxyl groups is 1. The van der Waals surface area contributed by atoms with Crippen LogP contribution in [0.1, 0.15) is 45.6 Å². The Labute approximate surface area is 154 Å². The van der Waals surface area contributed by atoms with Gasteiger partial charge in [0.2, 0.25) is 0 Å². The number of aliphatic hydroxyl groups excluding tert-OH is 1. The number of hydrogen-bond donors (Lipinski definition) is 2. The van der Waals surface area contributed by atoms with Crippen molar-refractivity contribution in [3.8, 4) is 6.07 Å². The zero-order valence-electron chi connectivity index (χ0n) is 15.5. The van der Waals surface area contributed by atoms with E-state index in [1.54, 1.807) is 6.20 Å². The first kappa shape index (κ1) is 18.5. The average molecular weight is 358 g/mol. The highest BCUT2D eigenvalue weighted by Gasteiger charge is 2.45. The van der Waals surface area contributed by atoms with Crippen LogP contribution in [-0.2, 0) is 10.2 Å². The number of pyridine rings is 1. The van der Waals surface area contributed by atoms with Gasteiger partial charge < -0.3 is 20.1 Å². The van der Waals surface area contributed by atoms with Crippen LogP contribution in [0.3, 0.4) is 0 Å². The summed E-state index contributed by atoms with van der Waals surface area (Å²) in [5, 5.41) is 22.9. The van der Waals surface area contributed by atoms with Gasteiger partial charge in [0.05, 0.1) is 30.2 Å². The molecule has 2 N–H and O–H groups in total. The van der Waals surface area contributed by atoms with Gasteiger partial charge in [0.25, 0.3) is 0 Å². The van der Waals surface area contributed by atoms with Crippen molar-refractivity contribution in [3.05, 3.63) is 23.9 Å². The van der Waals surface area contributed by atoms with Gasteiger partial charge in [0, 0.05) is 12.7 Å². The molecule has 140 valence electrons. The number of β-amino-alcohol motifs (C(OH)–C–C–N with tert-alkyl or cyclic N) is 1. The molecule has 1 aliphatic carbocycles. The van der Waals surface area contributed by atoms with E-state index < -0.39 is 17.8 Å². The van der Waals surface area contributed by atoms with Crippen molar-refractivity contribution < 1.29 is 14.6 Å². The predicted octanol–water partition coefficient (Wildman–Crippen LogP) is 2.42. The fraction of sp³-hybridized carbons (Fsp3) is 0.632. The van der Waals surface area contributed by atoms with Gasteiger partial charge in [-0.05, 0) is 51.7 Å². The summed E-state index contributed by atoms with van der Waals surface area (Å²) in [6.07, 6.45) is 3.02. The van der Waals surface area contributed by atoms with Gasteiger partial charge >= 0.3 is 6.09 Å². The van der Waals surface area contributed by atoms with Crippen molar-refractivity contribution in [3.63, 3.8) is 0 Å². The fourth-order valence-electron chi connectivity index (χ4n) is 3.13. The second kappa shape index (κ2) is 6.76. The minimum Gasteiger partial charge on any atom is -0.444 e. The molecule has 2 atom stereocenters. The van der Waals surface area contributed by atoms with E-state index in [2.05, 4.69) is 16.4 Å². The standard InChI is InChI=1S/C19H26N4O3/c1-18(2,3)26-17(25)23-9-6-14(15(24)11-23)22-16-5-4-13(10-21-16)19(12-20)7-8-19/h4-5,10,14-15,24H,6-9,11H2,1-3H3,(H,21,22)/t14-,15+/m1/s1. The number of anilines is 1. The SMILES string of the molecule is CC(C)(C)OC(=O)N1CC[C@@H](Nc2ccc(C3(C#N)CC3)cn2)[C@@H](O)C1. The number of carbonyl (C=O) groups is 1. The molecule has 0 bridgehead atoms. The summed E-state index contributed by atoms with van der Waals surface area (Å²) in [5.74, 6) is 0.664. The molecule has 0 unspecified atom stereocenters. The quantitative estimate of drug-likeness (QED) is 0.861. The number of aromatic nitrogens is 1. The van der Waals surface area contributed by atoms with Crippen LogP contribution in [0.15, 0.2) is 18.3 Å². The van der Waals surface area contributed by atoms with Crippen LogP contribution in [0.5, 0.6) is 0 Å². The molecule has 1 aromatic rings. The number of hydrogen-bond acceptors (Lipinski definition) is 6. The number of nitriles is 1. The Balaban J connectivity index is 1.55. The maximum atomic E-state index is 12.1. The zero-order chi connectivity index (χ0) is 18.9. The summed E-state index contributed by atoms with van der Waals surface area (Å²) in [5.41, 5.74) is 0.0560. The number of nitrogens with zero attached hydrogens (tertiary/aromatic N) is 3. The topological polar surface area (TPSA) is 98.5 Å². The number of piperidine rings is 1. The van der Waals surface area contributed by atoms with E-state index in [1.165, 1.54) is 4.90 Å². The van der Waals surface area contributed by atoms with Crippen molar-refractivity contribution in [2.24, 2.45) is 0 Å². The van der Waals surface area contributed by atoms with Gasteiger partial charge in [-0.1, -0.05) is 6.07 Å². The van der Waals surface area contributed by atoms with Gasteiger partial charge in [-0.3, -0.25) is 0 Å². The Morgan fingerprint density at radius 3 is 2.69 bits per heavy atom. The highest BCUT2D eigenvalue weighted by atomic mass is 16.6. The Bertz CT molecular complexity index is 701. The maximum absolute atomic E-state index is 12.1. The molecule has 1 aromatic heterocycles.